The molecule has 0 radical (unpaired) electrons. The van der Waals surface area contributed by atoms with Crippen LogP contribution in [0.5, 0.6) is 0 Å². The number of para-hydroxylation sites is 1. The van der Waals surface area contributed by atoms with Crippen LogP contribution in [-0.2, 0) is 7.05 Å². The third-order valence-corrected chi connectivity index (χ3v) is 4.19. The van der Waals surface area contributed by atoms with Crippen molar-refractivity contribution in [1.29, 1.82) is 0 Å². The molecule has 1 aromatic heterocycles. The number of hydrogen-bond donors (Lipinski definition) is 0. The van der Waals surface area contributed by atoms with Crippen molar-refractivity contribution in [2.24, 2.45) is 12.0 Å². The highest BCUT2D eigenvalue weighted by molar-refractivity contribution is 6.30. The summed E-state index contributed by atoms with van der Waals surface area (Å²) in [4.78, 5) is 4.64. The van der Waals surface area contributed by atoms with E-state index < -0.39 is 0 Å². The van der Waals surface area contributed by atoms with Gasteiger partial charge >= 0.3 is 0 Å². The molecule has 1 heterocycles. The molecule has 0 saturated carbocycles. The molecule has 0 atom stereocenters. The highest BCUT2D eigenvalue weighted by atomic mass is 35.5. The van der Waals surface area contributed by atoms with Crippen LogP contribution in [0.1, 0.15) is 16.8 Å². The topological polar surface area (TPSA) is 17.3 Å². The van der Waals surface area contributed by atoms with Gasteiger partial charge in [0.15, 0.2) is 0 Å². The van der Waals surface area contributed by atoms with Crippen molar-refractivity contribution < 1.29 is 0 Å². The Balaban J connectivity index is 2.12. The van der Waals surface area contributed by atoms with Crippen molar-refractivity contribution in [2.75, 3.05) is 0 Å². The monoisotopic (exact) mass is 296 g/mol. The molecule has 0 aliphatic carbocycles. The summed E-state index contributed by atoms with van der Waals surface area (Å²) in [6.07, 6.45) is 1.94. The zero-order chi connectivity index (χ0) is 15.0. The summed E-state index contributed by atoms with van der Waals surface area (Å²) in [5.41, 5.74) is 5.62. The van der Waals surface area contributed by atoms with Gasteiger partial charge in [-0.2, -0.15) is 0 Å². The second-order valence-corrected chi connectivity index (χ2v) is 5.70. The predicted octanol–water partition coefficient (Wildman–Crippen LogP) is 5.20. The van der Waals surface area contributed by atoms with E-state index in [0.29, 0.717) is 5.02 Å². The minimum absolute atomic E-state index is 0.711. The molecule has 0 N–H and O–H groups in total. The molecule has 0 unspecified atom stereocenters. The average molecular weight is 297 g/mol. The van der Waals surface area contributed by atoms with Crippen molar-refractivity contribution in [1.82, 2.24) is 4.57 Å². The van der Waals surface area contributed by atoms with Crippen LogP contribution in [0.2, 0.25) is 5.02 Å². The summed E-state index contributed by atoms with van der Waals surface area (Å²) in [6, 6.07) is 14.2. The van der Waals surface area contributed by atoms with Crippen LogP contribution >= 0.6 is 11.6 Å². The number of nitrogens with zero attached hydrogens (tertiary/aromatic N) is 2. The SMILES string of the molecule is Cc1ccc(Cl)cc1N=Cc1c(C)n(C)c2ccccc12. The van der Waals surface area contributed by atoms with Crippen LogP contribution < -0.4 is 0 Å². The molecule has 2 aromatic carbocycles. The van der Waals surface area contributed by atoms with Crippen molar-refractivity contribution >= 4 is 34.4 Å². The molecular weight excluding hydrogens is 280 g/mol. The third kappa shape index (κ3) is 2.47. The molecule has 0 aliphatic rings. The van der Waals surface area contributed by atoms with Gasteiger partial charge in [-0.15, -0.1) is 0 Å². The average Bonchev–Trinajstić information content (AvgIpc) is 2.73. The van der Waals surface area contributed by atoms with E-state index in [1.807, 2.05) is 31.3 Å². The zero-order valence-electron chi connectivity index (χ0n) is 12.4. The van der Waals surface area contributed by atoms with Gasteiger partial charge in [0.05, 0.1) is 5.69 Å². The Morgan fingerprint density at radius 3 is 2.67 bits per heavy atom. The van der Waals surface area contributed by atoms with Gasteiger partial charge in [-0.1, -0.05) is 35.9 Å². The summed E-state index contributed by atoms with van der Waals surface area (Å²) in [5, 5.41) is 1.93. The summed E-state index contributed by atoms with van der Waals surface area (Å²) < 4.78 is 2.20. The molecule has 3 rings (SSSR count). The van der Waals surface area contributed by atoms with Crippen LogP contribution in [0.25, 0.3) is 10.9 Å². The fourth-order valence-electron chi connectivity index (χ4n) is 2.57. The van der Waals surface area contributed by atoms with E-state index >= 15 is 0 Å². The van der Waals surface area contributed by atoms with Crippen LogP contribution in [0.15, 0.2) is 47.5 Å². The molecule has 106 valence electrons. The van der Waals surface area contributed by atoms with E-state index in [0.717, 1.165) is 16.8 Å². The van der Waals surface area contributed by atoms with Crippen molar-refractivity contribution in [3.05, 3.63) is 64.3 Å². The lowest BCUT2D eigenvalue weighted by Gasteiger charge is -2.01. The van der Waals surface area contributed by atoms with Gasteiger partial charge in [0.1, 0.15) is 0 Å². The standard InChI is InChI=1S/C18H17ClN2/c1-12-8-9-14(19)10-17(12)20-11-16-13(2)21(3)18-7-5-4-6-15(16)18/h4-11H,1-3H3. The first-order valence-electron chi connectivity index (χ1n) is 6.92. The van der Waals surface area contributed by atoms with Gasteiger partial charge in [0.2, 0.25) is 0 Å². The van der Waals surface area contributed by atoms with E-state index in [1.54, 1.807) is 0 Å². The lowest BCUT2D eigenvalue weighted by molar-refractivity contribution is 0.917. The first-order chi connectivity index (χ1) is 10.1. The van der Waals surface area contributed by atoms with E-state index in [-0.39, 0.29) is 0 Å². The van der Waals surface area contributed by atoms with Crippen LogP contribution in [0.3, 0.4) is 0 Å². The van der Waals surface area contributed by atoms with Crippen LogP contribution in [-0.4, -0.2) is 10.8 Å². The lowest BCUT2D eigenvalue weighted by atomic mass is 10.1. The maximum Gasteiger partial charge on any atom is 0.0673 e. The molecule has 2 nitrogen and oxygen atoms in total. The Kier molecular flexibility index (Phi) is 3.56. The first-order valence-corrected chi connectivity index (χ1v) is 7.30. The Hall–Kier alpha value is -2.06. The Morgan fingerprint density at radius 1 is 1.10 bits per heavy atom. The van der Waals surface area contributed by atoms with E-state index in [9.17, 15) is 0 Å². The van der Waals surface area contributed by atoms with Crippen molar-refractivity contribution in [3.63, 3.8) is 0 Å². The highest BCUT2D eigenvalue weighted by Crippen LogP contribution is 2.26. The second kappa shape index (κ2) is 5.38. The second-order valence-electron chi connectivity index (χ2n) is 5.26. The molecular formula is C18H17ClN2. The number of hydrogen-bond acceptors (Lipinski definition) is 1. The van der Waals surface area contributed by atoms with Gasteiger partial charge < -0.3 is 4.57 Å². The molecule has 0 aliphatic heterocycles. The smallest absolute Gasteiger partial charge is 0.0673 e. The molecule has 0 amide bonds. The Morgan fingerprint density at radius 2 is 1.86 bits per heavy atom. The predicted molar refractivity (Wildman–Crippen MR) is 91.1 cm³/mol. The van der Waals surface area contributed by atoms with E-state index in [4.69, 9.17) is 11.6 Å². The normalized spacial score (nSPS) is 11.6. The van der Waals surface area contributed by atoms with E-state index in [1.165, 1.54) is 16.6 Å². The zero-order valence-corrected chi connectivity index (χ0v) is 13.1. The third-order valence-electron chi connectivity index (χ3n) is 3.95. The van der Waals surface area contributed by atoms with Gasteiger partial charge in [-0.3, -0.25) is 4.99 Å². The summed E-state index contributed by atoms with van der Waals surface area (Å²) in [6.45, 7) is 4.16. The van der Waals surface area contributed by atoms with Gasteiger partial charge in [-0.05, 0) is 37.6 Å². The van der Waals surface area contributed by atoms with Crippen molar-refractivity contribution in [3.8, 4) is 0 Å². The number of fused-ring (bicyclic) bond motifs is 1. The molecule has 21 heavy (non-hydrogen) atoms. The number of aromatic nitrogens is 1. The molecule has 3 aromatic rings. The maximum atomic E-state index is 6.05. The summed E-state index contributed by atoms with van der Waals surface area (Å²) in [7, 11) is 2.08. The van der Waals surface area contributed by atoms with Crippen molar-refractivity contribution in [2.45, 2.75) is 13.8 Å². The number of benzene rings is 2. The molecule has 3 heteroatoms. The van der Waals surface area contributed by atoms with Gasteiger partial charge in [-0.25, -0.2) is 0 Å². The first kappa shape index (κ1) is 13.9. The Labute approximate surface area is 129 Å². The minimum atomic E-state index is 0.711. The summed E-state index contributed by atoms with van der Waals surface area (Å²) >= 11 is 6.05. The minimum Gasteiger partial charge on any atom is -0.347 e. The largest absolute Gasteiger partial charge is 0.347 e. The fourth-order valence-corrected chi connectivity index (χ4v) is 2.74. The van der Waals surface area contributed by atoms with Crippen LogP contribution in [0, 0.1) is 13.8 Å². The van der Waals surface area contributed by atoms with E-state index in [2.05, 4.69) is 47.8 Å². The number of halogens is 1. The number of aliphatic imine (C=N–C) groups is 1. The molecule has 0 spiro atoms. The molecule has 0 saturated heterocycles. The quantitative estimate of drug-likeness (QED) is 0.578. The Bertz CT molecular complexity index is 844. The number of aryl methyl sites for hydroxylation is 2. The van der Waals surface area contributed by atoms with Gasteiger partial charge in [0, 0.05) is 40.4 Å². The fraction of sp³-hybridized carbons (Fsp3) is 0.167. The molecule has 0 bridgehead atoms. The number of rotatable bonds is 2. The maximum absolute atomic E-state index is 6.05. The van der Waals surface area contributed by atoms with Crippen LogP contribution in [0.4, 0.5) is 5.69 Å². The van der Waals surface area contributed by atoms with Gasteiger partial charge in [0.25, 0.3) is 0 Å². The molecule has 0 fully saturated rings. The highest BCUT2D eigenvalue weighted by Gasteiger charge is 2.09. The summed E-state index contributed by atoms with van der Waals surface area (Å²) in [5.74, 6) is 0. The lowest BCUT2D eigenvalue weighted by Crippen LogP contribution is -1.91.